The summed E-state index contributed by atoms with van der Waals surface area (Å²) in [5.41, 5.74) is 0.726. The molecule has 2 atom stereocenters. The zero-order chi connectivity index (χ0) is 13.9. The summed E-state index contributed by atoms with van der Waals surface area (Å²) in [5.74, 6) is 0.838. The quantitative estimate of drug-likeness (QED) is 0.941. The Bertz CT molecular complexity index is 578. The smallest absolute Gasteiger partial charge is 0.152 e. The van der Waals surface area contributed by atoms with Crippen molar-refractivity contribution in [3.63, 3.8) is 0 Å². The van der Waals surface area contributed by atoms with E-state index < -0.39 is 0 Å². The van der Waals surface area contributed by atoms with Crippen LogP contribution in [0.25, 0.3) is 11.0 Å². The second kappa shape index (κ2) is 6.14. The molecule has 1 aliphatic heterocycles. The predicted octanol–water partition coefficient (Wildman–Crippen LogP) is 3.15. The molecule has 1 N–H and O–H groups in total. The topological polar surface area (TPSA) is 43.6 Å². The number of nitrogens with one attached hydrogen (secondary N) is 1. The molecular formula is C15H18ClNO3. The van der Waals surface area contributed by atoms with Gasteiger partial charge in [0.1, 0.15) is 11.9 Å². The summed E-state index contributed by atoms with van der Waals surface area (Å²) in [6.45, 7) is 4.74. The van der Waals surface area contributed by atoms with Crippen LogP contribution in [0.5, 0.6) is 0 Å². The van der Waals surface area contributed by atoms with Gasteiger partial charge in [-0.2, -0.15) is 0 Å². The van der Waals surface area contributed by atoms with Gasteiger partial charge in [0, 0.05) is 5.39 Å². The van der Waals surface area contributed by atoms with Gasteiger partial charge >= 0.3 is 0 Å². The second-order valence-electron chi connectivity index (χ2n) is 4.83. The van der Waals surface area contributed by atoms with Crippen molar-refractivity contribution in [2.24, 2.45) is 0 Å². The maximum absolute atomic E-state index is 6.17. The van der Waals surface area contributed by atoms with E-state index >= 15 is 0 Å². The van der Waals surface area contributed by atoms with Gasteiger partial charge in [-0.1, -0.05) is 30.7 Å². The fourth-order valence-corrected chi connectivity index (χ4v) is 2.75. The van der Waals surface area contributed by atoms with Gasteiger partial charge in [-0.25, -0.2) is 0 Å². The number of fused-ring (bicyclic) bond motifs is 1. The first kappa shape index (κ1) is 13.9. The average molecular weight is 296 g/mol. The molecule has 0 amide bonds. The van der Waals surface area contributed by atoms with Gasteiger partial charge in [-0.15, -0.1) is 0 Å². The third-order valence-corrected chi connectivity index (χ3v) is 3.76. The summed E-state index contributed by atoms with van der Waals surface area (Å²) in [6, 6.07) is 7.75. The van der Waals surface area contributed by atoms with Gasteiger partial charge in [0.25, 0.3) is 0 Å². The molecule has 0 saturated carbocycles. The standard InChI is InChI=1S/C15H18ClNO3/c1-2-17-14(13-9-18-6-7-19-13)12-8-10-4-3-5-11(16)15(10)20-12/h3-5,8,13-14,17H,2,6-7,9H2,1H3. The minimum absolute atomic E-state index is 0.0243. The first-order valence-electron chi connectivity index (χ1n) is 6.90. The van der Waals surface area contributed by atoms with Crippen LogP contribution in [0.2, 0.25) is 5.02 Å². The van der Waals surface area contributed by atoms with E-state index in [4.69, 9.17) is 25.5 Å². The van der Waals surface area contributed by atoms with Crippen LogP contribution < -0.4 is 5.32 Å². The number of para-hydroxylation sites is 1. The SMILES string of the molecule is CCNC(c1cc2cccc(Cl)c2o1)C1COCCO1. The van der Waals surface area contributed by atoms with E-state index in [0.717, 1.165) is 23.3 Å². The molecule has 4 nitrogen and oxygen atoms in total. The first-order valence-corrected chi connectivity index (χ1v) is 7.28. The maximum Gasteiger partial charge on any atom is 0.152 e. The van der Waals surface area contributed by atoms with E-state index in [0.29, 0.717) is 24.8 Å². The Kier molecular flexibility index (Phi) is 4.27. The summed E-state index contributed by atoms with van der Waals surface area (Å²) in [5, 5.41) is 5.04. The van der Waals surface area contributed by atoms with Gasteiger partial charge < -0.3 is 19.2 Å². The van der Waals surface area contributed by atoms with E-state index in [1.165, 1.54) is 0 Å². The summed E-state index contributed by atoms with van der Waals surface area (Å²) in [4.78, 5) is 0. The molecule has 3 rings (SSSR count). The number of ether oxygens (including phenoxy) is 2. The molecule has 0 aliphatic carbocycles. The second-order valence-corrected chi connectivity index (χ2v) is 5.23. The molecule has 1 aromatic heterocycles. The monoisotopic (exact) mass is 295 g/mol. The highest BCUT2D eigenvalue weighted by Gasteiger charge is 2.28. The van der Waals surface area contributed by atoms with Crippen LogP contribution >= 0.6 is 11.6 Å². The van der Waals surface area contributed by atoms with Crippen molar-refractivity contribution in [1.82, 2.24) is 5.32 Å². The van der Waals surface area contributed by atoms with Gasteiger partial charge in [-0.3, -0.25) is 0 Å². The Balaban J connectivity index is 1.93. The van der Waals surface area contributed by atoms with Crippen LogP contribution in [-0.4, -0.2) is 32.5 Å². The van der Waals surface area contributed by atoms with E-state index in [-0.39, 0.29) is 12.1 Å². The highest BCUT2D eigenvalue weighted by molar-refractivity contribution is 6.34. The predicted molar refractivity (Wildman–Crippen MR) is 78.2 cm³/mol. The van der Waals surface area contributed by atoms with Crippen LogP contribution in [0.4, 0.5) is 0 Å². The van der Waals surface area contributed by atoms with Crippen LogP contribution in [0.1, 0.15) is 18.7 Å². The fourth-order valence-electron chi connectivity index (χ4n) is 2.53. The van der Waals surface area contributed by atoms with Crippen molar-refractivity contribution in [2.45, 2.75) is 19.1 Å². The van der Waals surface area contributed by atoms with Crippen molar-refractivity contribution < 1.29 is 13.9 Å². The summed E-state index contributed by atoms with van der Waals surface area (Å²) >= 11 is 6.17. The van der Waals surface area contributed by atoms with E-state index in [9.17, 15) is 0 Å². The molecule has 2 heterocycles. The van der Waals surface area contributed by atoms with Crippen molar-refractivity contribution in [3.8, 4) is 0 Å². The number of furan rings is 1. The minimum atomic E-state index is -0.0389. The van der Waals surface area contributed by atoms with Crippen molar-refractivity contribution in [2.75, 3.05) is 26.4 Å². The van der Waals surface area contributed by atoms with E-state index in [1.54, 1.807) is 0 Å². The normalized spacial score (nSPS) is 21.2. The van der Waals surface area contributed by atoms with Crippen LogP contribution in [0, 0.1) is 0 Å². The Labute approximate surface area is 123 Å². The molecule has 0 spiro atoms. The lowest BCUT2D eigenvalue weighted by Crippen LogP contribution is -2.40. The van der Waals surface area contributed by atoms with Crippen LogP contribution in [-0.2, 0) is 9.47 Å². The number of likely N-dealkylation sites (N-methyl/N-ethyl adjacent to an activating group) is 1. The largest absolute Gasteiger partial charge is 0.458 e. The van der Waals surface area contributed by atoms with Crippen molar-refractivity contribution >= 4 is 22.6 Å². The van der Waals surface area contributed by atoms with Gasteiger partial charge in [0.15, 0.2) is 5.58 Å². The molecule has 1 fully saturated rings. The van der Waals surface area contributed by atoms with E-state index in [2.05, 4.69) is 12.2 Å². The lowest BCUT2D eigenvalue weighted by atomic mass is 10.1. The number of hydrogen-bond acceptors (Lipinski definition) is 4. The molecule has 108 valence electrons. The third-order valence-electron chi connectivity index (χ3n) is 3.46. The average Bonchev–Trinajstić information content (AvgIpc) is 2.91. The molecule has 20 heavy (non-hydrogen) atoms. The lowest BCUT2D eigenvalue weighted by molar-refractivity contribution is -0.104. The van der Waals surface area contributed by atoms with Crippen molar-refractivity contribution in [1.29, 1.82) is 0 Å². The number of rotatable bonds is 4. The van der Waals surface area contributed by atoms with Gasteiger partial charge in [-0.05, 0) is 18.7 Å². The zero-order valence-electron chi connectivity index (χ0n) is 11.4. The molecule has 1 aromatic carbocycles. The Morgan fingerprint density at radius 1 is 1.40 bits per heavy atom. The third kappa shape index (κ3) is 2.69. The number of halogens is 1. The lowest BCUT2D eigenvalue weighted by Gasteiger charge is -2.29. The number of hydrogen-bond donors (Lipinski definition) is 1. The summed E-state index contributed by atoms with van der Waals surface area (Å²) < 4.78 is 17.2. The van der Waals surface area contributed by atoms with Gasteiger partial charge in [0.05, 0.1) is 30.9 Å². The summed E-state index contributed by atoms with van der Waals surface area (Å²) in [7, 11) is 0. The molecule has 1 saturated heterocycles. The first-order chi connectivity index (χ1) is 9.79. The minimum Gasteiger partial charge on any atom is -0.458 e. The highest BCUT2D eigenvalue weighted by Crippen LogP contribution is 2.31. The van der Waals surface area contributed by atoms with E-state index in [1.807, 2.05) is 24.3 Å². The van der Waals surface area contributed by atoms with Crippen molar-refractivity contribution in [3.05, 3.63) is 35.0 Å². The molecule has 5 heteroatoms. The van der Waals surface area contributed by atoms with Crippen LogP contribution in [0.3, 0.4) is 0 Å². The summed E-state index contributed by atoms with van der Waals surface area (Å²) in [6.07, 6.45) is -0.0389. The number of benzene rings is 1. The Morgan fingerprint density at radius 3 is 3.00 bits per heavy atom. The van der Waals surface area contributed by atoms with Gasteiger partial charge in [0.2, 0.25) is 0 Å². The molecule has 2 aromatic rings. The Morgan fingerprint density at radius 2 is 2.30 bits per heavy atom. The molecular weight excluding hydrogens is 278 g/mol. The molecule has 2 unspecified atom stereocenters. The highest BCUT2D eigenvalue weighted by atomic mass is 35.5. The Hall–Kier alpha value is -1.07. The fraction of sp³-hybridized carbons (Fsp3) is 0.467. The molecule has 0 radical (unpaired) electrons. The molecule has 1 aliphatic rings. The maximum atomic E-state index is 6.17. The zero-order valence-corrected chi connectivity index (χ0v) is 12.2. The van der Waals surface area contributed by atoms with Crippen LogP contribution in [0.15, 0.2) is 28.7 Å². The molecule has 0 bridgehead atoms.